The SMILES string of the molecule is Cc1ccc(-c2nnnn2-c2ccccc2Br)cc1N. The number of tetrazole rings is 1. The number of hydrogen-bond acceptors (Lipinski definition) is 4. The van der Waals surface area contributed by atoms with Gasteiger partial charge in [0.2, 0.25) is 0 Å². The molecule has 1 heterocycles. The highest BCUT2D eigenvalue weighted by Gasteiger charge is 2.13. The van der Waals surface area contributed by atoms with Crippen LogP contribution in [-0.2, 0) is 0 Å². The Morgan fingerprint density at radius 2 is 1.95 bits per heavy atom. The highest BCUT2D eigenvalue weighted by atomic mass is 79.9. The predicted octanol–water partition coefficient (Wildman–Crippen LogP) is 2.98. The number of nitrogen functional groups attached to an aromatic ring is 1. The van der Waals surface area contributed by atoms with Gasteiger partial charge in [0.1, 0.15) is 0 Å². The molecular formula is C14H12BrN5. The van der Waals surface area contributed by atoms with Gasteiger partial charge in [-0.05, 0) is 57.0 Å². The molecule has 0 amide bonds. The molecular weight excluding hydrogens is 318 g/mol. The van der Waals surface area contributed by atoms with Crippen LogP contribution in [0.4, 0.5) is 5.69 Å². The maximum atomic E-state index is 5.96. The number of anilines is 1. The van der Waals surface area contributed by atoms with E-state index >= 15 is 0 Å². The molecule has 0 saturated carbocycles. The number of nitrogens with zero attached hydrogens (tertiary/aromatic N) is 4. The molecule has 2 aromatic carbocycles. The zero-order chi connectivity index (χ0) is 14.1. The predicted molar refractivity (Wildman–Crippen MR) is 81.4 cm³/mol. The van der Waals surface area contributed by atoms with Crippen molar-refractivity contribution >= 4 is 21.6 Å². The van der Waals surface area contributed by atoms with Gasteiger partial charge in [-0.1, -0.05) is 24.3 Å². The highest BCUT2D eigenvalue weighted by Crippen LogP contribution is 2.26. The van der Waals surface area contributed by atoms with Gasteiger partial charge in [0.25, 0.3) is 0 Å². The molecule has 5 nitrogen and oxygen atoms in total. The van der Waals surface area contributed by atoms with Crippen LogP contribution in [0.25, 0.3) is 17.1 Å². The van der Waals surface area contributed by atoms with Crippen LogP contribution in [0.2, 0.25) is 0 Å². The summed E-state index contributed by atoms with van der Waals surface area (Å²) in [7, 11) is 0. The van der Waals surface area contributed by atoms with Crippen LogP contribution >= 0.6 is 15.9 Å². The Morgan fingerprint density at radius 1 is 1.15 bits per heavy atom. The molecule has 1 aromatic heterocycles. The second-order valence-corrected chi connectivity index (χ2v) is 5.29. The summed E-state index contributed by atoms with van der Waals surface area (Å²) < 4.78 is 2.61. The molecule has 0 bridgehead atoms. The fourth-order valence-corrected chi connectivity index (χ4v) is 2.39. The second-order valence-electron chi connectivity index (χ2n) is 4.44. The monoisotopic (exact) mass is 329 g/mol. The molecule has 0 fully saturated rings. The third kappa shape index (κ3) is 2.18. The van der Waals surface area contributed by atoms with Crippen molar-refractivity contribution in [2.75, 3.05) is 5.73 Å². The van der Waals surface area contributed by atoms with Crippen LogP contribution in [-0.4, -0.2) is 20.2 Å². The number of nitrogens with two attached hydrogens (primary N) is 1. The van der Waals surface area contributed by atoms with E-state index in [9.17, 15) is 0 Å². The number of rotatable bonds is 2. The first-order valence-corrected chi connectivity index (χ1v) is 6.86. The first kappa shape index (κ1) is 12.8. The summed E-state index contributed by atoms with van der Waals surface area (Å²) in [5, 5.41) is 11.9. The van der Waals surface area contributed by atoms with E-state index < -0.39 is 0 Å². The van der Waals surface area contributed by atoms with Crippen molar-refractivity contribution < 1.29 is 0 Å². The maximum Gasteiger partial charge on any atom is 0.187 e. The first-order valence-electron chi connectivity index (χ1n) is 6.06. The van der Waals surface area contributed by atoms with Gasteiger partial charge in [0.05, 0.1) is 5.69 Å². The van der Waals surface area contributed by atoms with E-state index in [0.717, 1.165) is 27.0 Å². The molecule has 100 valence electrons. The fourth-order valence-electron chi connectivity index (χ4n) is 1.93. The Morgan fingerprint density at radius 3 is 2.70 bits per heavy atom. The molecule has 0 spiro atoms. The summed E-state index contributed by atoms with van der Waals surface area (Å²) in [6.45, 7) is 1.97. The number of benzene rings is 2. The minimum absolute atomic E-state index is 0.656. The number of hydrogen-bond donors (Lipinski definition) is 1. The summed E-state index contributed by atoms with van der Waals surface area (Å²) in [5.74, 6) is 0.656. The molecule has 0 aliphatic heterocycles. The lowest BCUT2D eigenvalue weighted by atomic mass is 10.1. The zero-order valence-corrected chi connectivity index (χ0v) is 12.4. The van der Waals surface area contributed by atoms with Crippen molar-refractivity contribution in [3.63, 3.8) is 0 Å². The average Bonchev–Trinajstić information content (AvgIpc) is 2.91. The van der Waals surface area contributed by atoms with Crippen molar-refractivity contribution in [3.05, 3.63) is 52.5 Å². The highest BCUT2D eigenvalue weighted by molar-refractivity contribution is 9.10. The molecule has 2 N–H and O–H groups in total. The standard InChI is InChI=1S/C14H12BrN5/c1-9-6-7-10(8-12(9)16)14-17-18-19-20(14)13-5-3-2-4-11(13)15/h2-8H,16H2,1H3. The van der Waals surface area contributed by atoms with Crippen molar-refractivity contribution in [1.29, 1.82) is 0 Å². The molecule has 3 rings (SSSR count). The van der Waals surface area contributed by atoms with Crippen LogP contribution in [0.15, 0.2) is 46.9 Å². The fraction of sp³-hybridized carbons (Fsp3) is 0.0714. The third-order valence-electron chi connectivity index (χ3n) is 3.09. The van der Waals surface area contributed by atoms with Gasteiger partial charge in [-0.2, -0.15) is 4.68 Å². The Hall–Kier alpha value is -2.21. The van der Waals surface area contributed by atoms with Crippen LogP contribution in [0.1, 0.15) is 5.56 Å². The van der Waals surface area contributed by atoms with E-state index in [4.69, 9.17) is 5.73 Å². The Bertz CT molecular complexity index is 766. The first-order chi connectivity index (χ1) is 9.66. The Balaban J connectivity index is 2.15. The number of aryl methyl sites for hydroxylation is 1. The van der Waals surface area contributed by atoms with Gasteiger partial charge in [-0.15, -0.1) is 5.10 Å². The molecule has 0 saturated heterocycles. The van der Waals surface area contributed by atoms with E-state index in [1.165, 1.54) is 0 Å². The van der Waals surface area contributed by atoms with Gasteiger partial charge in [-0.25, -0.2) is 0 Å². The largest absolute Gasteiger partial charge is 0.398 e. The summed E-state index contributed by atoms with van der Waals surface area (Å²) in [6.07, 6.45) is 0. The molecule has 6 heteroatoms. The number of para-hydroxylation sites is 1. The van der Waals surface area contributed by atoms with Gasteiger partial charge in [0.15, 0.2) is 5.82 Å². The van der Waals surface area contributed by atoms with Crippen molar-refractivity contribution in [2.24, 2.45) is 0 Å². The minimum Gasteiger partial charge on any atom is -0.398 e. The third-order valence-corrected chi connectivity index (χ3v) is 3.76. The van der Waals surface area contributed by atoms with Crippen molar-refractivity contribution in [1.82, 2.24) is 20.2 Å². The summed E-state index contributed by atoms with van der Waals surface area (Å²) in [5.41, 5.74) is 9.48. The van der Waals surface area contributed by atoms with E-state index in [1.54, 1.807) is 4.68 Å². The average molecular weight is 330 g/mol. The lowest BCUT2D eigenvalue weighted by Crippen LogP contribution is -2.01. The van der Waals surface area contributed by atoms with E-state index in [0.29, 0.717) is 5.82 Å². The molecule has 0 radical (unpaired) electrons. The number of halogens is 1. The van der Waals surface area contributed by atoms with E-state index in [-0.39, 0.29) is 0 Å². The van der Waals surface area contributed by atoms with E-state index in [2.05, 4.69) is 31.5 Å². The topological polar surface area (TPSA) is 69.6 Å². The van der Waals surface area contributed by atoms with Crippen LogP contribution in [0, 0.1) is 6.92 Å². The van der Waals surface area contributed by atoms with Crippen LogP contribution in [0.5, 0.6) is 0 Å². The summed E-state index contributed by atoms with van der Waals surface area (Å²) in [6, 6.07) is 13.6. The lowest BCUT2D eigenvalue weighted by Gasteiger charge is -2.08. The normalized spacial score (nSPS) is 10.7. The smallest absolute Gasteiger partial charge is 0.187 e. The van der Waals surface area contributed by atoms with Gasteiger partial charge >= 0.3 is 0 Å². The van der Waals surface area contributed by atoms with Gasteiger partial charge in [0, 0.05) is 15.7 Å². The van der Waals surface area contributed by atoms with Gasteiger partial charge in [-0.3, -0.25) is 0 Å². The van der Waals surface area contributed by atoms with Crippen molar-refractivity contribution in [2.45, 2.75) is 6.92 Å². The molecule has 20 heavy (non-hydrogen) atoms. The van der Waals surface area contributed by atoms with E-state index in [1.807, 2.05) is 49.4 Å². The van der Waals surface area contributed by atoms with Gasteiger partial charge < -0.3 is 5.73 Å². The molecule has 0 aliphatic rings. The number of aromatic nitrogens is 4. The Labute approximate surface area is 124 Å². The summed E-state index contributed by atoms with van der Waals surface area (Å²) in [4.78, 5) is 0. The lowest BCUT2D eigenvalue weighted by molar-refractivity contribution is 0.789. The molecule has 0 atom stereocenters. The maximum absolute atomic E-state index is 5.96. The minimum atomic E-state index is 0.656. The quantitative estimate of drug-likeness (QED) is 0.734. The zero-order valence-electron chi connectivity index (χ0n) is 10.8. The molecule has 3 aromatic rings. The summed E-state index contributed by atoms with van der Waals surface area (Å²) >= 11 is 3.51. The second kappa shape index (κ2) is 5.05. The molecule has 0 unspecified atom stereocenters. The van der Waals surface area contributed by atoms with Crippen LogP contribution in [0.3, 0.4) is 0 Å². The van der Waals surface area contributed by atoms with Crippen LogP contribution < -0.4 is 5.73 Å². The molecule has 0 aliphatic carbocycles. The van der Waals surface area contributed by atoms with Crippen molar-refractivity contribution in [3.8, 4) is 17.1 Å². The Kier molecular flexibility index (Phi) is 3.23.